The number of halogens is 1. The second kappa shape index (κ2) is 10.8. The number of imide groups is 1. The van der Waals surface area contributed by atoms with Gasteiger partial charge in [-0.05, 0) is 58.8 Å². The first-order valence-corrected chi connectivity index (χ1v) is 12.0. The molecule has 0 unspecified atom stereocenters. The number of rotatable bonds is 8. The fraction of sp³-hybridized carbons (Fsp3) is 0.192. The highest BCUT2D eigenvalue weighted by molar-refractivity contribution is 8.18. The van der Waals surface area contributed by atoms with Crippen molar-refractivity contribution in [2.24, 2.45) is 0 Å². The van der Waals surface area contributed by atoms with Gasteiger partial charge in [-0.2, -0.15) is 0 Å². The first-order chi connectivity index (χ1) is 16.9. The average Bonchev–Trinajstić information content (AvgIpc) is 3.10. The number of carbonyl (C=O) groups excluding carboxylic acids is 3. The monoisotopic (exact) mass is 511 g/mol. The summed E-state index contributed by atoms with van der Waals surface area (Å²) >= 11 is 7.26. The van der Waals surface area contributed by atoms with E-state index in [1.54, 1.807) is 19.1 Å². The van der Waals surface area contributed by atoms with Crippen LogP contribution >= 0.6 is 23.4 Å². The summed E-state index contributed by atoms with van der Waals surface area (Å²) in [6.07, 6.45) is 1.53. The van der Waals surface area contributed by atoms with E-state index in [1.165, 1.54) is 13.2 Å². The molecule has 7 nitrogen and oxygen atoms in total. The van der Waals surface area contributed by atoms with Gasteiger partial charge in [0, 0.05) is 0 Å². The number of nitrogens with zero attached hydrogens (tertiary/aromatic N) is 1. The summed E-state index contributed by atoms with van der Waals surface area (Å²) in [5.41, 5.74) is 1.55. The Balaban J connectivity index is 1.55. The van der Waals surface area contributed by atoms with E-state index in [0.29, 0.717) is 22.1 Å². The molecule has 0 spiro atoms. The van der Waals surface area contributed by atoms with E-state index in [9.17, 15) is 14.4 Å². The first-order valence-electron chi connectivity index (χ1n) is 10.8. The van der Waals surface area contributed by atoms with Crippen LogP contribution < -0.4 is 9.47 Å². The minimum absolute atomic E-state index is 0.165. The van der Waals surface area contributed by atoms with E-state index in [0.717, 1.165) is 33.0 Å². The summed E-state index contributed by atoms with van der Waals surface area (Å²) < 4.78 is 16.4. The maximum Gasteiger partial charge on any atom is 0.326 e. The topological polar surface area (TPSA) is 82.1 Å². The van der Waals surface area contributed by atoms with Crippen LogP contribution in [0.4, 0.5) is 4.79 Å². The Labute approximate surface area is 211 Å². The van der Waals surface area contributed by atoms with Crippen molar-refractivity contribution in [1.82, 2.24) is 4.90 Å². The van der Waals surface area contributed by atoms with Crippen molar-refractivity contribution in [2.75, 3.05) is 20.3 Å². The number of carbonyl (C=O) groups is 3. The van der Waals surface area contributed by atoms with Crippen molar-refractivity contribution in [1.29, 1.82) is 0 Å². The van der Waals surface area contributed by atoms with Crippen LogP contribution in [0.1, 0.15) is 18.1 Å². The molecule has 0 N–H and O–H groups in total. The third kappa shape index (κ3) is 5.44. The van der Waals surface area contributed by atoms with Crippen LogP contribution in [0.15, 0.2) is 59.5 Å². The molecule has 3 aromatic rings. The lowest BCUT2D eigenvalue weighted by Gasteiger charge is -2.14. The molecule has 180 valence electrons. The van der Waals surface area contributed by atoms with E-state index >= 15 is 0 Å². The quantitative estimate of drug-likeness (QED) is 0.284. The van der Waals surface area contributed by atoms with Crippen LogP contribution in [0.25, 0.3) is 16.8 Å². The average molecular weight is 512 g/mol. The van der Waals surface area contributed by atoms with Crippen LogP contribution in [0.3, 0.4) is 0 Å². The van der Waals surface area contributed by atoms with E-state index in [2.05, 4.69) is 0 Å². The lowest BCUT2D eigenvalue weighted by molar-refractivity contribution is -0.145. The van der Waals surface area contributed by atoms with Gasteiger partial charge in [0.05, 0.1) is 23.6 Å². The lowest BCUT2D eigenvalue weighted by Crippen LogP contribution is -2.34. The fourth-order valence-electron chi connectivity index (χ4n) is 3.65. The summed E-state index contributed by atoms with van der Waals surface area (Å²) in [4.78, 5) is 37.6. The summed E-state index contributed by atoms with van der Waals surface area (Å²) in [6.45, 7) is 1.67. The lowest BCUT2D eigenvalue weighted by atomic mass is 10.1. The Morgan fingerprint density at radius 1 is 1.11 bits per heavy atom. The molecule has 3 aromatic carbocycles. The van der Waals surface area contributed by atoms with Crippen LogP contribution in [-0.4, -0.2) is 42.3 Å². The summed E-state index contributed by atoms with van der Waals surface area (Å²) in [5.74, 6) is -0.461. The number of fused-ring (bicyclic) bond motifs is 1. The van der Waals surface area contributed by atoms with E-state index in [-0.39, 0.29) is 18.1 Å². The van der Waals surface area contributed by atoms with Gasteiger partial charge in [0.1, 0.15) is 13.2 Å². The van der Waals surface area contributed by atoms with Gasteiger partial charge in [-0.1, -0.05) is 54.1 Å². The number of hydrogen-bond donors (Lipinski definition) is 0. The Morgan fingerprint density at radius 2 is 1.89 bits per heavy atom. The van der Waals surface area contributed by atoms with Crippen LogP contribution in [0.5, 0.6) is 11.5 Å². The summed E-state index contributed by atoms with van der Waals surface area (Å²) in [6, 6.07) is 17.3. The molecule has 0 radical (unpaired) electrons. The van der Waals surface area contributed by atoms with Gasteiger partial charge in [-0.15, -0.1) is 0 Å². The minimum atomic E-state index is -0.645. The van der Waals surface area contributed by atoms with Crippen molar-refractivity contribution >= 4 is 57.3 Å². The SMILES string of the molecule is CCOC(=O)CN1C(=O)S/C(=C/c2cc(Cl)c(OCc3cccc4ccccc34)c(OC)c2)C1=O. The van der Waals surface area contributed by atoms with Gasteiger partial charge < -0.3 is 14.2 Å². The van der Waals surface area contributed by atoms with Crippen molar-refractivity contribution in [3.63, 3.8) is 0 Å². The molecule has 0 bridgehead atoms. The molecule has 1 aliphatic rings. The maximum atomic E-state index is 12.7. The number of amides is 2. The van der Waals surface area contributed by atoms with Crippen molar-refractivity contribution in [2.45, 2.75) is 13.5 Å². The van der Waals surface area contributed by atoms with Gasteiger partial charge in [-0.25, -0.2) is 0 Å². The zero-order valence-electron chi connectivity index (χ0n) is 19.1. The van der Waals surface area contributed by atoms with Crippen LogP contribution in [0, 0.1) is 0 Å². The Bertz CT molecular complexity index is 1330. The number of hydrogen-bond acceptors (Lipinski definition) is 7. The number of esters is 1. The Kier molecular flexibility index (Phi) is 7.63. The van der Waals surface area contributed by atoms with Crippen LogP contribution in [0.2, 0.25) is 5.02 Å². The molecule has 4 rings (SSSR count). The molecule has 9 heteroatoms. The Hall–Kier alpha value is -3.49. The molecule has 1 heterocycles. The normalized spacial score (nSPS) is 14.6. The fourth-order valence-corrected chi connectivity index (χ4v) is 4.77. The molecule has 1 aliphatic heterocycles. The standard InChI is InChI=1S/C26H22ClNO6S/c1-3-33-23(29)14-28-25(30)22(35-26(28)31)13-16-11-20(27)24(21(12-16)32-2)34-15-18-9-6-8-17-7-4-5-10-19(17)18/h4-13H,3,14-15H2,1-2H3/b22-13+. The number of methoxy groups -OCH3 is 1. The van der Waals surface area contributed by atoms with Crippen LogP contribution in [-0.2, 0) is 20.9 Å². The maximum absolute atomic E-state index is 12.7. The van der Waals surface area contributed by atoms with E-state index < -0.39 is 23.7 Å². The highest BCUT2D eigenvalue weighted by Crippen LogP contribution is 2.39. The zero-order chi connectivity index (χ0) is 24.9. The second-order valence-corrected chi connectivity index (χ2v) is 8.93. The third-order valence-corrected chi connectivity index (χ3v) is 6.46. The molecule has 0 aromatic heterocycles. The first kappa shape index (κ1) is 24.6. The van der Waals surface area contributed by atoms with Crippen molar-refractivity contribution in [3.05, 3.63) is 75.7 Å². The molecule has 0 aliphatic carbocycles. The Morgan fingerprint density at radius 3 is 2.66 bits per heavy atom. The predicted octanol–water partition coefficient (Wildman–Crippen LogP) is 5.68. The number of benzene rings is 3. The molecular weight excluding hydrogens is 490 g/mol. The van der Waals surface area contributed by atoms with E-state index in [4.69, 9.17) is 25.8 Å². The predicted molar refractivity (Wildman–Crippen MR) is 136 cm³/mol. The third-order valence-electron chi connectivity index (χ3n) is 5.27. The molecule has 0 atom stereocenters. The van der Waals surface area contributed by atoms with E-state index in [1.807, 2.05) is 42.5 Å². The summed E-state index contributed by atoms with van der Waals surface area (Å²) in [7, 11) is 1.49. The molecule has 0 saturated carbocycles. The molecular formula is C26H22ClNO6S. The largest absolute Gasteiger partial charge is 0.493 e. The number of ether oxygens (including phenoxy) is 3. The highest BCUT2D eigenvalue weighted by atomic mass is 35.5. The molecule has 1 saturated heterocycles. The van der Waals surface area contributed by atoms with Gasteiger partial charge >= 0.3 is 5.97 Å². The van der Waals surface area contributed by atoms with Gasteiger partial charge in [0.2, 0.25) is 0 Å². The molecule has 35 heavy (non-hydrogen) atoms. The molecule has 2 amide bonds. The molecule has 1 fully saturated rings. The zero-order valence-corrected chi connectivity index (χ0v) is 20.7. The van der Waals surface area contributed by atoms with Gasteiger partial charge in [0.15, 0.2) is 11.5 Å². The van der Waals surface area contributed by atoms with Gasteiger partial charge in [0.25, 0.3) is 11.1 Å². The second-order valence-electron chi connectivity index (χ2n) is 7.53. The number of thioether (sulfide) groups is 1. The summed E-state index contributed by atoms with van der Waals surface area (Å²) in [5, 5.41) is 1.95. The smallest absolute Gasteiger partial charge is 0.326 e. The minimum Gasteiger partial charge on any atom is -0.493 e. The van der Waals surface area contributed by atoms with Gasteiger partial charge in [-0.3, -0.25) is 19.3 Å². The van der Waals surface area contributed by atoms with Crippen molar-refractivity contribution in [3.8, 4) is 11.5 Å². The highest BCUT2D eigenvalue weighted by Gasteiger charge is 2.36. The van der Waals surface area contributed by atoms with Crippen molar-refractivity contribution < 1.29 is 28.6 Å².